The zero-order valence-electron chi connectivity index (χ0n) is 14.0. The van der Waals surface area contributed by atoms with Gasteiger partial charge in [-0.2, -0.15) is 0 Å². The van der Waals surface area contributed by atoms with Crippen molar-refractivity contribution in [1.82, 2.24) is 24.8 Å². The second kappa shape index (κ2) is 6.20. The molecule has 1 aliphatic rings. The van der Waals surface area contributed by atoms with E-state index in [1.54, 1.807) is 6.07 Å². The number of pyridine rings is 1. The normalized spacial score (nSPS) is 21.0. The Morgan fingerprint density at radius 3 is 2.75 bits per heavy atom. The Hall–Kier alpha value is -2.48. The fraction of sp³-hybridized carbons (Fsp3) is 0.500. The molecule has 24 heavy (non-hydrogen) atoms. The van der Waals surface area contributed by atoms with Crippen molar-refractivity contribution in [3.63, 3.8) is 0 Å². The second-order valence-corrected chi connectivity index (χ2v) is 6.24. The van der Waals surface area contributed by atoms with Crippen LogP contribution in [0.15, 0.2) is 21.7 Å². The highest BCUT2D eigenvalue weighted by Crippen LogP contribution is 2.10. The van der Waals surface area contributed by atoms with Gasteiger partial charge in [0.1, 0.15) is 11.3 Å². The lowest BCUT2D eigenvalue weighted by atomic mass is 10.00. The summed E-state index contributed by atoms with van der Waals surface area (Å²) in [7, 11) is 2.95. The van der Waals surface area contributed by atoms with Gasteiger partial charge in [0.2, 0.25) is 0 Å². The predicted octanol–water partition coefficient (Wildman–Crippen LogP) is -0.497. The molecule has 2 aromatic heterocycles. The molecule has 8 nitrogen and oxygen atoms in total. The maximum atomic E-state index is 12.5. The van der Waals surface area contributed by atoms with Crippen LogP contribution in [0.3, 0.4) is 0 Å². The first-order chi connectivity index (χ1) is 11.4. The van der Waals surface area contributed by atoms with Crippen molar-refractivity contribution < 1.29 is 4.79 Å². The molecule has 3 rings (SSSR count). The van der Waals surface area contributed by atoms with Crippen molar-refractivity contribution in [2.45, 2.75) is 31.8 Å². The van der Waals surface area contributed by atoms with E-state index in [0.29, 0.717) is 5.39 Å². The van der Waals surface area contributed by atoms with E-state index in [1.165, 1.54) is 24.7 Å². The first kappa shape index (κ1) is 16.4. The molecular weight excluding hydrogens is 310 g/mol. The van der Waals surface area contributed by atoms with Crippen LogP contribution < -0.4 is 21.9 Å². The molecule has 1 fully saturated rings. The molecule has 3 heterocycles. The van der Waals surface area contributed by atoms with Gasteiger partial charge in [-0.15, -0.1) is 0 Å². The van der Waals surface area contributed by atoms with Crippen LogP contribution in [0.1, 0.15) is 30.3 Å². The van der Waals surface area contributed by atoms with E-state index in [9.17, 15) is 14.4 Å². The molecule has 2 aromatic rings. The molecule has 0 bridgehead atoms. The first-order valence-electron chi connectivity index (χ1n) is 8.01. The number of nitrogens with one attached hydrogen (secondary N) is 2. The number of hydrogen-bond acceptors (Lipinski definition) is 5. The number of piperidine rings is 1. The summed E-state index contributed by atoms with van der Waals surface area (Å²) >= 11 is 0. The molecule has 2 atom stereocenters. The summed E-state index contributed by atoms with van der Waals surface area (Å²) in [4.78, 5) is 40.9. The van der Waals surface area contributed by atoms with Gasteiger partial charge in [0.05, 0.1) is 5.39 Å². The lowest BCUT2D eigenvalue weighted by Gasteiger charge is -2.30. The van der Waals surface area contributed by atoms with Gasteiger partial charge in [0, 0.05) is 26.2 Å². The summed E-state index contributed by atoms with van der Waals surface area (Å²) in [5.74, 6) is -0.300. The van der Waals surface area contributed by atoms with Crippen LogP contribution >= 0.6 is 0 Å². The quantitative estimate of drug-likeness (QED) is 0.773. The van der Waals surface area contributed by atoms with Crippen molar-refractivity contribution >= 4 is 16.9 Å². The van der Waals surface area contributed by atoms with Crippen molar-refractivity contribution in [3.05, 3.63) is 38.7 Å². The zero-order chi connectivity index (χ0) is 17.4. The number of fused-ring (bicyclic) bond motifs is 1. The van der Waals surface area contributed by atoms with Crippen LogP contribution in [0.2, 0.25) is 0 Å². The number of aryl methyl sites for hydroxylation is 1. The van der Waals surface area contributed by atoms with Crippen LogP contribution in [0.5, 0.6) is 0 Å². The molecule has 0 saturated carbocycles. The molecular formula is C16H21N5O3. The number of rotatable bonds is 2. The van der Waals surface area contributed by atoms with Crippen LogP contribution in [-0.2, 0) is 14.1 Å². The largest absolute Gasteiger partial charge is 0.346 e. The van der Waals surface area contributed by atoms with Gasteiger partial charge in [-0.25, -0.2) is 9.78 Å². The van der Waals surface area contributed by atoms with Crippen LogP contribution in [0, 0.1) is 0 Å². The average Bonchev–Trinajstić information content (AvgIpc) is 2.59. The monoisotopic (exact) mass is 331 g/mol. The van der Waals surface area contributed by atoms with Gasteiger partial charge < -0.3 is 10.6 Å². The fourth-order valence-corrected chi connectivity index (χ4v) is 3.06. The molecule has 1 amide bonds. The highest BCUT2D eigenvalue weighted by atomic mass is 16.2. The van der Waals surface area contributed by atoms with E-state index in [0.717, 1.165) is 24.0 Å². The molecule has 0 radical (unpaired) electrons. The molecule has 128 valence electrons. The van der Waals surface area contributed by atoms with E-state index in [1.807, 2.05) is 6.92 Å². The van der Waals surface area contributed by atoms with Gasteiger partial charge in [0.15, 0.2) is 0 Å². The highest BCUT2D eigenvalue weighted by molar-refractivity contribution is 5.94. The molecule has 0 spiro atoms. The summed E-state index contributed by atoms with van der Waals surface area (Å²) in [6.07, 6.45) is 1.91. The number of aromatic nitrogens is 3. The molecule has 2 unspecified atom stereocenters. The average molecular weight is 331 g/mol. The number of amides is 1. The van der Waals surface area contributed by atoms with Gasteiger partial charge in [0.25, 0.3) is 11.5 Å². The molecule has 1 aliphatic heterocycles. The third kappa shape index (κ3) is 2.73. The van der Waals surface area contributed by atoms with Gasteiger partial charge in [-0.1, -0.05) is 0 Å². The van der Waals surface area contributed by atoms with Gasteiger partial charge in [-0.05, 0) is 38.4 Å². The number of carbonyl (C=O) groups is 1. The lowest BCUT2D eigenvalue weighted by Crippen LogP contribution is -2.52. The lowest BCUT2D eigenvalue weighted by molar-refractivity contribution is 0.0915. The number of hydrogen-bond donors (Lipinski definition) is 2. The summed E-state index contributed by atoms with van der Waals surface area (Å²) in [6, 6.07) is 3.29. The molecule has 8 heteroatoms. The van der Waals surface area contributed by atoms with E-state index in [2.05, 4.69) is 15.6 Å². The Balaban J connectivity index is 1.97. The summed E-state index contributed by atoms with van der Waals surface area (Å²) in [5.41, 5.74) is -0.477. The fourth-order valence-electron chi connectivity index (χ4n) is 3.06. The smallest absolute Gasteiger partial charge is 0.332 e. The van der Waals surface area contributed by atoms with E-state index < -0.39 is 11.2 Å². The highest BCUT2D eigenvalue weighted by Gasteiger charge is 2.23. The molecule has 0 aliphatic carbocycles. The van der Waals surface area contributed by atoms with E-state index >= 15 is 0 Å². The van der Waals surface area contributed by atoms with Crippen LogP contribution in [0.4, 0.5) is 0 Å². The molecule has 0 aromatic carbocycles. The maximum absolute atomic E-state index is 12.5. The van der Waals surface area contributed by atoms with Gasteiger partial charge >= 0.3 is 5.69 Å². The van der Waals surface area contributed by atoms with E-state index in [4.69, 9.17) is 0 Å². The first-order valence-corrected chi connectivity index (χ1v) is 8.01. The molecule has 1 saturated heterocycles. The number of nitrogens with zero attached hydrogens (tertiary/aromatic N) is 3. The summed E-state index contributed by atoms with van der Waals surface area (Å²) in [5, 5.41) is 6.61. The van der Waals surface area contributed by atoms with Gasteiger partial charge in [-0.3, -0.25) is 18.7 Å². The Kier molecular flexibility index (Phi) is 4.23. The van der Waals surface area contributed by atoms with Crippen LogP contribution in [-0.4, -0.2) is 38.7 Å². The standard InChI is InChI=1S/C16H21N5O3/c1-9-11(5-4-8-17-9)19-14(22)12-7-6-10-13(18-12)20(2)16(24)21(3)15(10)23/h6-7,9,11,17H,4-5,8H2,1-3H3,(H,19,22). The van der Waals surface area contributed by atoms with Crippen molar-refractivity contribution in [1.29, 1.82) is 0 Å². The Morgan fingerprint density at radius 2 is 2.04 bits per heavy atom. The topological polar surface area (TPSA) is 98.0 Å². The predicted molar refractivity (Wildman–Crippen MR) is 90.2 cm³/mol. The third-order valence-corrected chi connectivity index (χ3v) is 4.61. The SMILES string of the molecule is CC1NCCCC1NC(=O)c1ccc2c(=O)n(C)c(=O)n(C)c2n1. The number of carbonyl (C=O) groups excluding carboxylic acids is 1. The third-order valence-electron chi connectivity index (χ3n) is 4.61. The van der Waals surface area contributed by atoms with Crippen molar-refractivity contribution in [2.75, 3.05) is 6.54 Å². The Morgan fingerprint density at radius 1 is 1.29 bits per heavy atom. The van der Waals surface area contributed by atoms with Crippen molar-refractivity contribution in [3.8, 4) is 0 Å². The van der Waals surface area contributed by atoms with Crippen molar-refractivity contribution in [2.24, 2.45) is 14.1 Å². The minimum atomic E-state index is -0.470. The minimum Gasteiger partial charge on any atom is -0.346 e. The Bertz CT molecular complexity index is 914. The molecule has 2 N–H and O–H groups in total. The summed E-state index contributed by atoms with van der Waals surface area (Å²) in [6.45, 7) is 2.98. The summed E-state index contributed by atoms with van der Waals surface area (Å²) < 4.78 is 2.30. The minimum absolute atomic E-state index is 0.0382. The van der Waals surface area contributed by atoms with E-state index in [-0.39, 0.29) is 29.3 Å². The van der Waals surface area contributed by atoms with Crippen LogP contribution in [0.25, 0.3) is 11.0 Å². The Labute approximate surface area is 138 Å². The second-order valence-electron chi connectivity index (χ2n) is 6.24. The maximum Gasteiger partial charge on any atom is 0.332 e. The zero-order valence-corrected chi connectivity index (χ0v) is 14.0.